The molecule has 156 valence electrons. The molecule has 0 unspecified atom stereocenters. The van der Waals surface area contributed by atoms with Crippen molar-refractivity contribution in [3.8, 4) is 11.8 Å². The van der Waals surface area contributed by atoms with E-state index in [4.69, 9.17) is 16.3 Å². The summed E-state index contributed by atoms with van der Waals surface area (Å²) >= 11 is 7.93. The summed E-state index contributed by atoms with van der Waals surface area (Å²) in [5.74, 6) is 0.693. The Morgan fingerprint density at radius 2 is 1.87 bits per heavy atom. The van der Waals surface area contributed by atoms with Gasteiger partial charge in [0.2, 0.25) is 0 Å². The third-order valence-corrected chi connectivity index (χ3v) is 6.28. The number of allylic oxidation sites excluding steroid dienone is 1. The first-order chi connectivity index (χ1) is 14.7. The van der Waals surface area contributed by atoms with Crippen LogP contribution in [-0.4, -0.2) is 11.6 Å². The normalized spacial score (nSPS) is 11.6. The number of nitrogens with zero attached hydrogens (tertiary/aromatic N) is 2. The number of nitriles is 1. The van der Waals surface area contributed by atoms with Gasteiger partial charge in [0.25, 0.3) is 0 Å². The Morgan fingerprint density at radius 1 is 1.10 bits per heavy atom. The highest BCUT2D eigenvalue weighted by Crippen LogP contribution is 2.30. The lowest BCUT2D eigenvalue weighted by molar-refractivity contribution is 0.304. The van der Waals surface area contributed by atoms with Gasteiger partial charge < -0.3 is 4.74 Å². The van der Waals surface area contributed by atoms with Crippen LogP contribution in [0.25, 0.3) is 21.9 Å². The number of fused-ring (bicyclic) bond motifs is 1. The smallest absolute Gasteiger partial charge is 0.137 e. The van der Waals surface area contributed by atoms with Gasteiger partial charge in [-0.3, -0.25) is 0 Å². The van der Waals surface area contributed by atoms with Crippen molar-refractivity contribution in [2.45, 2.75) is 51.9 Å². The van der Waals surface area contributed by atoms with Crippen LogP contribution in [0.4, 0.5) is 0 Å². The van der Waals surface area contributed by atoms with Crippen LogP contribution in [0.15, 0.2) is 42.5 Å². The topological polar surface area (TPSA) is 45.9 Å². The maximum atomic E-state index is 9.62. The molecule has 3 nitrogen and oxygen atoms in total. The van der Waals surface area contributed by atoms with Crippen LogP contribution in [0.1, 0.15) is 62.4 Å². The molecule has 1 aromatic heterocycles. The molecule has 0 saturated heterocycles. The van der Waals surface area contributed by atoms with Gasteiger partial charge in [-0.1, -0.05) is 75.2 Å². The van der Waals surface area contributed by atoms with E-state index in [1.54, 1.807) is 0 Å². The first-order valence-corrected chi connectivity index (χ1v) is 11.8. The monoisotopic (exact) mass is 438 g/mol. The molecular formula is C25H27ClN2OS. The maximum Gasteiger partial charge on any atom is 0.137 e. The SMILES string of the molecule is CCCCCCCCCOc1ccc(/C=C(/C#N)c2nc3ccccc3s2)cc1Cl. The van der Waals surface area contributed by atoms with Crippen LogP contribution >= 0.6 is 22.9 Å². The highest BCUT2D eigenvalue weighted by atomic mass is 35.5. The molecule has 0 N–H and O–H groups in total. The van der Waals surface area contributed by atoms with Crippen molar-refractivity contribution < 1.29 is 4.74 Å². The fourth-order valence-corrected chi connectivity index (χ4v) is 4.44. The number of aromatic nitrogens is 1. The summed E-state index contributed by atoms with van der Waals surface area (Å²) in [4.78, 5) is 4.57. The quantitative estimate of drug-likeness (QED) is 0.224. The van der Waals surface area contributed by atoms with Gasteiger partial charge in [0.1, 0.15) is 16.8 Å². The third kappa shape index (κ3) is 6.32. The van der Waals surface area contributed by atoms with E-state index in [1.807, 2.05) is 48.5 Å². The summed E-state index contributed by atoms with van der Waals surface area (Å²) < 4.78 is 6.92. The van der Waals surface area contributed by atoms with E-state index in [0.717, 1.165) is 22.2 Å². The molecule has 0 spiro atoms. The lowest BCUT2D eigenvalue weighted by Crippen LogP contribution is -1.98. The van der Waals surface area contributed by atoms with Gasteiger partial charge in [0.05, 0.1) is 27.4 Å². The van der Waals surface area contributed by atoms with Crippen LogP contribution in [-0.2, 0) is 0 Å². The highest BCUT2D eigenvalue weighted by molar-refractivity contribution is 7.19. The molecule has 0 amide bonds. The molecule has 0 atom stereocenters. The number of halogens is 1. The van der Waals surface area contributed by atoms with Gasteiger partial charge in [-0.05, 0) is 42.3 Å². The average molecular weight is 439 g/mol. The Bertz CT molecular complexity index is 1000. The Balaban J connectivity index is 1.58. The zero-order chi connectivity index (χ0) is 21.2. The molecule has 3 aromatic rings. The van der Waals surface area contributed by atoms with E-state index in [1.165, 1.54) is 49.9 Å². The molecule has 30 heavy (non-hydrogen) atoms. The van der Waals surface area contributed by atoms with Crippen molar-refractivity contribution in [3.63, 3.8) is 0 Å². The summed E-state index contributed by atoms with van der Waals surface area (Å²) in [5, 5.41) is 10.9. The maximum absolute atomic E-state index is 9.62. The molecule has 3 rings (SSSR count). The Morgan fingerprint density at radius 3 is 2.60 bits per heavy atom. The van der Waals surface area contributed by atoms with Gasteiger partial charge in [-0.2, -0.15) is 5.26 Å². The van der Waals surface area contributed by atoms with Crippen molar-refractivity contribution in [3.05, 3.63) is 58.1 Å². The van der Waals surface area contributed by atoms with Crippen molar-refractivity contribution in [2.75, 3.05) is 6.61 Å². The molecule has 0 saturated carbocycles. The van der Waals surface area contributed by atoms with Gasteiger partial charge in [0, 0.05) is 0 Å². The fraction of sp³-hybridized carbons (Fsp3) is 0.360. The molecule has 2 aromatic carbocycles. The van der Waals surface area contributed by atoms with Crippen LogP contribution in [0.5, 0.6) is 5.75 Å². The summed E-state index contributed by atoms with van der Waals surface area (Å²) in [5.41, 5.74) is 2.30. The molecule has 0 fully saturated rings. The van der Waals surface area contributed by atoms with Gasteiger partial charge in [0.15, 0.2) is 0 Å². The minimum absolute atomic E-state index is 0.531. The van der Waals surface area contributed by atoms with Crippen LogP contribution < -0.4 is 4.74 Å². The number of unbranched alkanes of at least 4 members (excludes halogenated alkanes) is 6. The molecule has 5 heteroatoms. The lowest BCUT2D eigenvalue weighted by atomic mass is 10.1. The Kier molecular flexibility index (Phi) is 8.74. The third-order valence-electron chi connectivity index (χ3n) is 4.92. The van der Waals surface area contributed by atoms with Crippen LogP contribution in [0.2, 0.25) is 5.02 Å². The zero-order valence-corrected chi connectivity index (χ0v) is 18.9. The van der Waals surface area contributed by atoms with Gasteiger partial charge in [-0.25, -0.2) is 4.98 Å². The second-order valence-corrected chi connectivity index (χ2v) is 8.75. The molecule has 0 aliphatic carbocycles. The Labute approximate surface area is 188 Å². The number of hydrogen-bond donors (Lipinski definition) is 0. The van der Waals surface area contributed by atoms with Gasteiger partial charge in [-0.15, -0.1) is 11.3 Å². The summed E-state index contributed by atoms with van der Waals surface area (Å²) in [6.45, 7) is 2.92. The van der Waals surface area contributed by atoms with E-state index in [2.05, 4.69) is 18.0 Å². The predicted molar refractivity (Wildman–Crippen MR) is 128 cm³/mol. The van der Waals surface area contributed by atoms with Crippen molar-refractivity contribution in [2.24, 2.45) is 0 Å². The fourth-order valence-electron chi connectivity index (χ4n) is 3.26. The van der Waals surface area contributed by atoms with Crippen molar-refractivity contribution >= 4 is 44.8 Å². The largest absolute Gasteiger partial charge is 0.492 e. The molecule has 0 aliphatic rings. The standard InChI is InChI=1S/C25H27ClN2OS/c1-2-3-4-5-6-7-10-15-29-23-14-13-19(17-21(23)26)16-20(18-27)25-28-22-11-8-9-12-24(22)30-25/h8-9,11-14,16-17H,2-7,10,15H2,1H3/b20-16-. The minimum Gasteiger partial charge on any atom is -0.492 e. The van der Waals surface area contributed by atoms with Crippen LogP contribution in [0, 0.1) is 11.3 Å². The lowest BCUT2D eigenvalue weighted by Gasteiger charge is -2.09. The first kappa shape index (κ1) is 22.3. The number of benzene rings is 2. The number of rotatable bonds is 11. The van der Waals surface area contributed by atoms with E-state index < -0.39 is 0 Å². The van der Waals surface area contributed by atoms with E-state index >= 15 is 0 Å². The summed E-state index contributed by atoms with van der Waals surface area (Å²) in [7, 11) is 0. The number of thiazole rings is 1. The zero-order valence-electron chi connectivity index (χ0n) is 17.4. The predicted octanol–water partition coefficient (Wildman–Crippen LogP) is 8.14. The van der Waals surface area contributed by atoms with Gasteiger partial charge >= 0.3 is 0 Å². The minimum atomic E-state index is 0.531. The van der Waals surface area contributed by atoms with Crippen molar-refractivity contribution in [1.29, 1.82) is 5.26 Å². The second-order valence-electron chi connectivity index (χ2n) is 7.32. The van der Waals surface area contributed by atoms with E-state index in [-0.39, 0.29) is 0 Å². The summed E-state index contributed by atoms with van der Waals surface area (Å²) in [6.07, 6.45) is 10.6. The molecule has 0 aliphatic heterocycles. The van der Waals surface area contributed by atoms with Crippen molar-refractivity contribution in [1.82, 2.24) is 4.98 Å². The molecule has 0 bridgehead atoms. The molecular weight excluding hydrogens is 412 g/mol. The van der Waals surface area contributed by atoms with Crippen LogP contribution in [0.3, 0.4) is 0 Å². The second kappa shape index (κ2) is 11.7. The number of ether oxygens (including phenoxy) is 1. The van der Waals surface area contributed by atoms with E-state index in [9.17, 15) is 5.26 Å². The Hall–Kier alpha value is -2.35. The van der Waals surface area contributed by atoms with E-state index in [0.29, 0.717) is 28.0 Å². The number of para-hydroxylation sites is 1. The molecule has 0 radical (unpaired) electrons. The highest BCUT2D eigenvalue weighted by Gasteiger charge is 2.09. The summed E-state index contributed by atoms with van der Waals surface area (Å²) in [6, 6.07) is 15.8. The number of hydrogen-bond acceptors (Lipinski definition) is 4. The first-order valence-electron chi connectivity index (χ1n) is 10.6. The molecule has 1 heterocycles. The average Bonchev–Trinajstić information content (AvgIpc) is 3.19.